The van der Waals surface area contributed by atoms with Crippen molar-refractivity contribution in [3.8, 4) is 0 Å². The summed E-state index contributed by atoms with van der Waals surface area (Å²) in [6.07, 6.45) is 9.72. The maximum Gasteiger partial charge on any atom is 0.224 e. The Morgan fingerprint density at radius 2 is 2.09 bits per heavy atom. The maximum atomic E-state index is 12.4. The lowest BCUT2D eigenvalue weighted by Crippen LogP contribution is -2.37. The van der Waals surface area contributed by atoms with Crippen LogP contribution in [0.25, 0.3) is 0 Å². The van der Waals surface area contributed by atoms with E-state index in [1.165, 1.54) is 32.1 Å². The molecule has 128 valence electrons. The highest BCUT2D eigenvalue weighted by molar-refractivity contribution is 5.79. The molecule has 5 nitrogen and oxygen atoms in total. The summed E-state index contributed by atoms with van der Waals surface area (Å²) in [4.78, 5) is 15.0. The minimum atomic E-state index is 0.157. The number of nitrogens with one attached hydrogen (secondary N) is 1. The van der Waals surface area contributed by atoms with Crippen molar-refractivity contribution in [1.82, 2.24) is 20.0 Å². The van der Waals surface area contributed by atoms with Gasteiger partial charge < -0.3 is 5.32 Å². The van der Waals surface area contributed by atoms with Crippen LogP contribution >= 0.6 is 0 Å². The van der Waals surface area contributed by atoms with Gasteiger partial charge in [-0.25, -0.2) is 0 Å². The molecule has 2 aliphatic rings. The molecule has 0 aromatic carbocycles. The predicted octanol–water partition coefficient (Wildman–Crippen LogP) is 2.73. The van der Waals surface area contributed by atoms with Crippen LogP contribution in [0.4, 0.5) is 0 Å². The SMILES string of the molecule is CC(C)n1ccc(CNC(=O)C2CCN(C3CCCCC3)C2)n1. The average molecular weight is 318 g/mol. The standard InChI is InChI=1S/C18H30N4O/c1-14(2)22-11-9-16(20-22)12-19-18(23)15-8-10-21(13-15)17-6-4-3-5-7-17/h9,11,14-15,17H,3-8,10,12-13H2,1-2H3,(H,19,23). The van der Waals surface area contributed by atoms with Crippen molar-refractivity contribution < 1.29 is 4.79 Å². The fourth-order valence-electron chi connectivity index (χ4n) is 3.86. The molecule has 1 aromatic heterocycles. The molecule has 2 fully saturated rings. The number of amides is 1. The first-order valence-corrected chi connectivity index (χ1v) is 9.19. The van der Waals surface area contributed by atoms with Gasteiger partial charge in [0.1, 0.15) is 0 Å². The van der Waals surface area contributed by atoms with Crippen molar-refractivity contribution in [1.29, 1.82) is 0 Å². The number of nitrogens with zero attached hydrogens (tertiary/aromatic N) is 3. The van der Waals surface area contributed by atoms with Crippen molar-refractivity contribution in [2.75, 3.05) is 13.1 Å². The van der Waals surface area contributed by atoms with Crippen molar-refractivity contribution in [3.63, 3.8) is 0 Å². The first kappa shape index (κ1) is 16.5. The van der Waals surface area contributed by atoms with Gasteiger partial charge in [0.15, 0.2) is 0 Å². The van der Waals surface area contributed by atoms with E-state index in [1.807, 2.05) is 16.9 Å². The zero-order valence-electron chi connectivity index (χ0n) is 14.5. The quantitative estimate of drug-likeness (QED) is 0.908. The van der Waals surface area contributed by atoms with E-state index >= 15 is 0 Å². The lowest BCUT2D eigenvalue weighted by molar-refractivity contribution is -0.124. The molecule has 1 aliphatic carbocycles. The van der Waals surface area contributed by atoms with Gasteiger partial charge in [0.05, 0.1) is 18.2 Å². The van der Waals surface area contributed by atoms with Crippen LogP contribution in [-0.2, 0) is 11.3 Å². The van der Waals surface area contributed by atoms with Crippen LogP contribution in [-0.4, -0.2) is 39.7 Å². The molecule has 1 unspecified atom stereocenters. The summed E-state index contributed by atoms with van der Waals surface area (Å²) in [7, 11) is 0. The fraction of sp³-hybridized carbons (Fsp3) is 0.778. The van der Waals surface area contributed by atoms with Crippen molar-refractivity contribution in [2.45, 2.75) is 71.0 Å². The number of carbonyl (C=O) groups is 1. The third-order valence-corrected chi connectivity index (χ3v) is 5.32. The molecule has 5 heteroatoms. The molecule has 1 aliphatic heterocycles. The van der Waals surface area contributed by atoms with E-state index in [2.05, 4.69) is 29.2 Å². The number of rotatable bonds is 5. The van der Waals surface area contributed by atoms with Gasteiger partial charge in [-0.15, -0.1) is 0 Å². The Bertz CT molecular complexity index is 519. The van der Waals surface area contributed by atoms with Gasteiger partial charge in [0.25, 0.3) is 0 Å². The fourth-order valence-corrected chi connectivity index (χ4v) is 3.86. The summed E-state index contributed by atoms with van der Waals surface area (Å²) in [6, 6.07) is 3.07. The Morgan fingerprint density at radius 1 is 1.30 bits per heavy atom. The molecule has 2 heterocycles. The number of likely N-dealkylation sites (tertiary alicyclic amines) is 1. The summed E-state index contributed by atoms with van der Waals surface area (Å²) in [5.41, 5.74) is 0.939. The Labute approximate surface area is 139 Å². The van der Waals surface area contributed by atoms with Gasteiger partial charge in [-0.3, -0.25) is 14.4 Å². The van der Waals surface area contributed by atoms with E-state index in [1.54, 1.807) is 0 Å². The van der Waals surface area contributed by atoms with Crippen LogP contribution in [0.3, 0.4) is 0 Å². The van der Waals surface area contributed by atoms with E-state index in [9.17, 15) is 4.79 Å². The molecule has 1 N–H and O–H groups in total. The van der Waals surface area contributed by atoms with Crippen LogP contribution in [0.1, 0.15) is 64.1 Å². The van der Waals surface area contributed by atoms with Crippen molar-refractivity contribution >= 4 is 5.91 Å². The first-order chi connectivity index (χ1) is 11.1. The number of hydrogen-bond acceptors (Lipinski definition) is 3. The zero-order chi connectivity index (χ0) is 16.2. The summed E-state index contributed by atoms with van der Waals surface area (Å²) >= 11 is 0. The van der Waals surface area contributed by atoms with Crippen molar-refractivity contribution in [3.05, 3.63) is 18.0 Å². The van der Waals surface area contributed by atoms with Crippen LogP contribution in [0.2, 0.25) is 0 Å². The third kappa shape index (κ3) is 4.14. The van der Waals surface area contributed by atoms with E-state index in [0.29, 0.717) is 12.6 Å². The van der Waals surface area contributed by atoms with Gasteiger partial charge in [0.2, 0.25) is 5.91 Å². The summed E-state index contributed by atoms with van der Waals surface area (Å²) in [5, 5.41) is 7.56. The van der Waals surface area contributed by atoms with E-state index in [-0.39, 0.29) is 11.8 Å². The number of hydrogen-bond donors (Lipinski definition) is 1. The Morgan fingerprint density at radius 3 is 2.78 bits per heavy atom. The normalized spacial score (nSPS) is 23.5. The van der Waals surface area contributed by atoms with Crippen molar-refractivity contribution in [2.24, 2.45) is 5.92 Å². The topological polar surface area (TPSA) is 50.2 Å². The van der Waals surface area contributed by atoms with Crippen LogP contribution in [0.15, 0.2) is 12.3 Å². The first-order valence-electron chi connectivity index (χ1n) is 9.19. The molecule has 1 saturated heterocycles. The smallest absolute Gasteiger partial charge is 0.224 e. The second-order valence-corrected chi connectivity index (χ2v) is 7.37. The van der Waals surface area contributed by atoms with Gasteiger partial charge in [-0.2, -0.15) is 5.10 Å². The average Bonchev–Trinajstić information content (AvgIpc) is 3.23. The number of aromatic nitrogens is 2. The highest BCUT2D eigenvalue weighted by Gasteiger charge is 2.32. The van der Waals surface area contributed by atoms with E-state index in [4.69, 9.17) is 0 Å². The molecule has 1 aromatic rings. The Balaban J connectivity index is 1.45. The number of carbonyl (C=O) groups excluding carboxylic acids is 1. The molecule has 1 amide bonds. The van der Waals surface area contributed by atoms with Crippen LogP contribution < -0.4 is 5.32 Å². The lowest BCUT2D eigenvalue weighted by atomic mass is 9.94. The van der Waals surface area contributed by atoms with Gasteiger partial charge in [-0.05, 0) is 45.7 Å². The second-order valence-electron chi connectivity index (χ2n) is 7.37. The second kappa shape index (κ2) is 7.47. The minimum absolute atomic E-state index is 0.157. The maximum absolute atomic E-state index is 12.4. The summed E-state index contributed by atoms with van der Waals surface area (Å²) in [5.74, 6) is 0.353. The van der Waals surface area contributed by atoms with E-state index < -0.39 is 0 Å². The molecule has 0 bridgehead atoms. The van der Waals surface area contributed by atoms with E-state index in [0.717, 1.165) is 31.2 Å². The molecule has 1 saturated carbocycles. The Kier molecular flexibility index (Phi) is 5.36. The van der Waals surface area contributed by atoms with Crippen LogP contribution in [0.5, 0.6) is 0 Å². The molecular weight excluding hydrogens is 288 g/mol. The molecule has 0 spiro atoms. The lowest BCUT2D eigenvalue weighted by Gasteiger charge is -2.30. The molecular formula is C18H30N4O. The van der Waals surface area contributed by atoms with Crippen LogP contribution in [0, 0.1) is 5.92 Å². The van der Waals surface area contributed by atoms with Gasteiger partial charge in [-0.1, -0.05) is 19.3 Å². The molecule has 1 atom stereocenters. The monoisotopic (exact) mass is 318 g/mol. The predicted molar refractivity (Wildman–Crippen MR) is 91.0 cm³/mol. The zero-order valence-corrected chi connectivity index (χ0v) is 14.5. The largest absolute Gasteiger partial charge is 0.350 e. The summed E-state index contributed by atoms with van der Waals surface area (Å²) < 4.78 is 1.93. The highest BCUT2D eigenvalue weighted by atomic mass is 16.1. The summed E-state index contributed by atoms with van der Waals surface area (Å²) in [6.45, 7) is 6.78. The molecule has 3 rings (SSSR count). The third-order valence-electron chi connectivity index (χ3n) is 5.32. The molecule has 23 heavy (non-hydrogen) atoms. The van der Waals surface area contributed by atoms with Gasteiger partial charge >= 0.3 is 0 Å². The minimum Gasteiger partial charge on any atom is -0.350 e. The molecule has 0 radical (unpaired) electrons. The Hall–Kier alpha value is -1.36. The highest BCUT2D eigenvalue weighted by Crippen LogP contribution is 2.27. The van der Waals surface area contributed by atoms with Gasteiger partial charge in [0, 0.05) is 24.8 Å².